The van der Waals surface area contributed by atoms with Crippen molar-refractivity contribution < 1.29 is 9.47 Å². The maximum Gasteiger partial charge on any atom is 0.191 e. The van der Waals surface area contributed by atoms with Crippen molar-refractivity contribution in [1.29, 1.82) is 0 Å². The zero-order valence-corrected chi connectivity index (χ0v) is 13.8. The number of aliphatic imine (C=N–C) groups is 1. The fourth-order valence-electron chi connectivity index (χ4n) is 1.91. The van der Waals surface area contributed by atoms with Crippen LogP contribution >= 0.6 is 0 Å². The van der Waals surface area contributed by atoms with Crippen LogP contribution in [0.2, 0.25) is 0 Å². The van der Waals surface area contributed by atoms with Crippen LogP contribution in [0.15, 0.2) is 35.3 Å². The van der Waals surface area contributed by atoms with Crippen LogP contribution in [-0.4, -0.2) is 52.5 Å². The van der Waals surface area contributed by atoms with E-state index in [4.69, 9.17) is 9.47 Å². The molecule has 1 rings (SSSR count). The number of nitrogens with zero attached hydrogens (tertiary/aromatic N) is 1. The van der Waals surface area contributed by atoms with Gasteiger partial charge in [-0.3, -0.25) is 4.99 Å². The van der Waals surface area contributed by atoms with E-state index >= 15 is 0 Å². The summed E-state index contributed by atoms with van der Waals surface area (Å²) in [7, 11) is 1.68. The van der Waals surface area contributed by atoms with Gasteiger partial charge in [0, 0.05) is 33.4 Å². The standard InChI is InChI=1S/C17H29N3O2/c1-3-18-17(19-11-7-13-22-15-14-21-2)20-12-10-16-8-5-4-6-9-16/h4-6,8-9H,3,7,10-15H2,1-2H3,(H2,18,19,20). The average molecular weight is 307 g/mol. The summed E-state index contributed by atoms with van der Waals surface area (Å²) in [5.41, 5.74) is 1.33. The SMILES string of the molecule is CCNC(=NCCCOCCOC)NCCc1ccccc1. The third-order valence-electron chi connectivity index (χ3n) is 3.04. The third kappa shape index (κ3) is 9.37. The van der Waals surface area contributed by atoms with Crippen molar-refractivity contribution in [3.05, 3.63) is 35.9 Å². The van der Waals surface area contributed by atoms with Crippen LogP contribution in [0.1, 0.15) is 18.9 Å². The van der Waals surface area contributed by atoms with Crippen LogP contribution in [0.5, 0.6) is 0 Å². The van der Waals surface area contributed by atoms with E-state index in [-0.39, 0.29) is 0 Å². The van der Waals surface area contributed by atoms with Crippen LogP contribution in [0.3, 0.4) is 0 Å². The smallest absolute Gasteiger partial charge is 0.191 e. The Kier molecular flexibility index (Phi) is 11.0. The van der Waals surface area contributed by atoms with Crippen LogP contribution < -0.4 is 10.6 Å². The predicted molar refractivity (Wildman–Crippen MR) is 91.4 cm³/mol. The van der Waals surface area contributed by atoms with Gasteiger partial charge in [-0.1, -0.05) is 30.3 Å². The quantitative estimate of drug-likeness (QED) is 0.372. The van der Waals surface area contributed by atoms with Crippen LogP contribution in [0.25, 0.3) is 0 Å². The zero-order valence-electron chi connectivity index (χ0n) is 13.8. The normalized spacial score (nSPS) is 11.5. The van der Waals surface area contributed by atoms with Gasteiger partial charge in [0.1, 0.15) is 0 Å². The largest absolute Gasteiger partial charge is 0.382 e. The Labute approximate surface area is 134 Å². The number of methoxy groups -OCH3 is 1. The van der Waals surface area contributed by atoms with Crippen molar-refractivity contribution in [2.45, 2.75) is 19.8 Å². The minimum atomic E-state index is 0.646. The molecule has 22 heavy (non-hydrogen) atoms. The maximum atomic E-state index is 5.42. The molecule has 0 fully saturated rings. The molecule has 1 aromatic carbocycles. The summed E-state index contributed by atoms with van der Waals surface area (Å²) in [5.74, 6) is 0.871. The lowest BCUT2D eigenvalue weighted by atomic mass is 10.1. The molecule has 0 saturated carbocycles. The number of hydrogen-bond donors (Lipinski definition) is 2. The highest BCUT2D eigenvalue weighted by Crippen LogP contribution is 1.98. The second kappa shape index (κ2) is 13.1. The number of rotatable bonds is 11. The highest BCUT2D eigenvalue weighted by atomic mass is 16.5. The molecule has 2 N–H and O–H groups in total. The van der Waals surface area contributed by atoms with Gasteiger partial charge in [0.2, 0.25) is 0 Å². The molecule has 124 valence electrons. The first-order valence-corrected chi connectivity index (χ1v) is 7.99. The molecule has 0 bridgehead atoms. The van der Waals surface area contributed by atoms with Gasteiger partial charge in [-0.15, -0.1) is 0 Å². The average Bonchev–Trinajstić information content (AvgIpc) is 2.55. The first kappa shape index (κ1) is 18.5. The highest BCUT2D eigenvalue weighted by molar-refractivity contribution is 5.79. The first-order chi connectivity index (χ1) is 10.9. The molecule has 0 radical (unpaired) electrons. The summed E-state index contributed by atoms with van der Waals surface area (Å²) in [6, 6.07) is 10.5. The molecule has 0 spiro atoms. The molecule has 0 unspecified atom stereocenters. The second-order valence-corrected chi connectivity index (χ2v) is 4.88. The number of guanidine groups is 1. The number of nitrogens with one attached hydrogen (secondary N) is 2. The topological polar surface area (TPSA) is 54.9 Å². The lowest BCUT2D eigenvalue weighted by Crippen LogP contribution is -2.38. The summed E-state index contributed by atoms with van der Waals surface area (Å²) in [5, 5.41) is 6.62. The summed E-state index contributed by atoms with van der Waals surface area (Å²) in [6.07, 6.45) is 1.91. The minimum absolute atomic E-state index is 0.646. The van der Waals surface area contributed by atoms with E-state index in [9.17, 15) is 0 Å². The fourth-order valence-corrected chi connectivity index (χ4v) is 1.91. The van der Waals surface area contributed by atoms with Gasteiger partial charge in [0.15, 0.2) is 5.96 Å². The lowest BCUT2D eigenvalue weighted by molar-refractivity contribution is 0.0702. The third-order valence-corrected chi connectivity index (χ3v) is 3.04. The molecule has 0 saturated heterocycles. The summed E-state index contributed by atoms with van der Waals surface area (Å²) >= 11 is 0. The number of ether oxygens (including phenoxy) is 2. The Morgan fingerprint density at radius 1 is 1.09 bits per heavy atom. The molecule has 5 nitrogen and oxygen atoms in total. The lowest BCUT2D eigenvalue weighted by Gasteiger charge is -2.11. The van der Waals surface area contributed by atoms with E-state index in [0.29, 0.717) is 13.2 Å². The molecule has 0 aliphatic heterocycles. The second-order valence-electron chi connectivity index (χ2n) is 4.88. The van der Waals surface area contributed by atoms with E-state index in [1.54, 1.807) is 7.11 Å². The van der Waals surface area contributed by atoms with E-state index in [1.165, 1.54) is 5.56 Å². The molecule has 0 heterocycles. The maximum absolute atomic E-state index is 5.42. The van der Waals surface area contributed by atoms with Crippen molar-refractivity contribution in [1.82, 2.24) is 10.6 Å². The van der Waals surface area contributed by atoms with Gasteiger partial charge in [-0.2, -0.15) is 0 Å². The summed E-state index contributed by atoms with van der Waals surface area (Å²) in [4.78, 5) is 4.55. The highest BCUT2D eigenvalue weighted by Gasteiger charge is 1.97. The van der Waals surface area contributed by atoms with Gasteiger partial charge >= 0.3 is 0 Å². The monoisotopic (exact) mass is 307 g/mol. The van der Waals surface area contributed by atoms with Gasteiger partial charge in [-0.05, 0) is 25.3 Å². The van der Waals surface area contributed by atoms with Crippen LogP contribution in [-0.2, 0) is 15.9 Å². The van der Waals surface area contributed by atoms with E-state index in [2.05, 4.69) is 46.8 Å². The first-order valence-electron chi connectivity index (χ1n) is 7.99. The Bertz CT molecular complexity index is 396. The van der Waals surface area contributed by atoms with Gasteiger partial charge in [0.25, 0.3) is 0 Å². The van der Waals surface area contributed by atoms with Crippen LogP contribution in [0, 0.1) is 0 Å². The Balaban J connectivity index is 2.18. The van der Waals surface area contributed by atoms with Crippen molar-refractivity contribution in [2.24, 2.45) is 4.99 Å². The molecule has 0 aliphatic rings. The van der Waals surface area contributed by atoms with Gasteiger partial charge in [0.05, 0.1) is 13.2 Å². The van der Waals surface area contributed by atoms with Crippen molar-refractivity contribution in [2.75, 3.05) is 46.6 Å². The molecular weight excluding hydrogens is 278 g/mol. The molecule has 0 aliphatic carbocycles. The Hall–Kier alpha value is -1.59. The van der Waals surface area contributed by atoms with Crippen molar-refractivity contribution in [3.63, 3.8) is 0 Å². The van der Waals surface area contributed by atoms with E-state index in [1.807, 2.05) is 6.07 Å². The zero-order chi connectivity index (χ0) is 15.9. The molecule has 5 heteroatoms. The van der Waals surface area contributed by atoms with E-state index in [0.717, 1.165) is 45.0 Å². The van der Waals surface area contributed by atoms with Crippen LogP contribution in [0.4, 0.5) is 0 Å². The predicted octanol–water partition coefficient (Wildman–Crippen LogP) is 1.84. The van der Waals surface area contributed by atoms with Crippen molar-refractivity contribution in [3.8, 4) is 0 Å². The molecular formula is C17H29N3O2. The fraction of sp³-hybridized carbons (Fsp3) is 0.588. The molecule has 0 amide bonds. The molecule has 1 aromatic rings. The Morgan fingerprint density at radius 3 is 2.64 bits per heavy atom. The van der Waals surface area contributed by atoms with E-state index < -0.39 is 0 Å². The van der Waals surface area contributed by atoms with Gasteiger partial charge in [-0.25, -0.2) is 0 Å². The van der Waals surface area contributed by atoms with Crippen molar-refractivity contribution >= 4 is 5.96 Å². The number of benzene rings is 1. The summed E-state index contributed by atoms with van der Waals surface area (Å²) < 4.78 is 10.3. The molecule has 0 atom stereocenters. The summed E-state index contributed by atoms with van der Waals surface area (Å²) in [6.45, 7) is 6.58. The Morgan fingerprint density at radius 2 is 1.91 bits per heavy atom. The molecule has 0 aromatic heterocycles. The minimum Gasteiger partial charge on any atom is -0.382 e. The van der Waals surface area contributed by atoms with Gasteiger partial charge < -0.3 is 20.1 Å². The number of hydrogen-bond acceptors (Lipinski definition) is 3.